The number of tetrazole rings is 1. The molecule has 136 valence electrons. The van der Waals surface area contributed by atoms with Gasteiger partial charge < -0.3 is 5.32 Å². The highest BCUT2D eigenvalue weighted by molar-refractivity contribution is 7.22. The Balaban J connectivity index is 1.61. The normalized spacial score (nSPS) is 10.9. The van der Waals surface area contributed by atoms with Crippen molar-refractivity contribution in [1.82, 2.24) is 25.2 Å². The van der Waals surface area contributed by atoms with Crippen LogP contribution in [-0.4, -0.2) is 31.1 Å². The molecular formula is C17H13FN6OS2. The lowest BCUT2D eigenvalue weighted by Crippen LogP contribution is -2.12. The summed E-state index contributed by atoms with van der Waals surface area (Å²) in [6.07, 6.45) is 0. The van der Waals surface area contributed by atoms with Crippen LogP contribution >= 0.6 is 22.7 Å². The van der Waals surface area contributed by atoms with Crippen LogP contribution in [0.1, 0.15) is 21.2 Å². The monoisotopic (exact) mass is 400 g/mol. The summed E-state index contributed by atoms with van der Waals surface area (Å²) in [4.78, 5) is 18.7. The van der Waals surface area contributed by atoms with E-state index in [0.29, 0.717) is 22.1 Å². The van der Waals surface area contributed by atoms with E-state index in [0.717, 1.165) is 9.88 Å². The van der Waals surface area contributed by atoms with Crippen molar-refractivity contribution in [3.63, 3.8) is 0 Å². The number of nitrogens with one attached hydrogen (secondary N) is 1. The minimum absolute atomic E-state index is 0.163. The fraction of sp³-hybridized carbons (Fsp3) is 0.118. The van der Waals surface area contributed by atoms with Crippen molar-refractivity contribution in [3.05, 3.63) is 57.9 Å². The molecule has 0 aliphatic heterocycles. The molecule has 0 spiro atoms. The lowest BCUT2D eigenvalue weighted by atomic mass is 10.2. The average Bonchev–Trinajstić information content (AvgIpc) is 3.37. The molecule has 0 atom stereocenters. The molecule has 0 aliphatic rings. The summed E-state index contributed by atoms with van der Waals surface area (Å²) < 4.78 is 15.4. The van der Waals surface area contributed by atoms with Gasteiger partial charge in [0.2, 0.25) is 0 Å². The van der Waals surface area contributed by atoms with Crippen LogP contribution in [0.2, 0.25) is 0 Å². The molecule has 1 aromatic carbocycles. The Bertz CT molecular complexity index is 1120. The van der Waals surface area contributed by atoms with Crippen molar-refractivity contribution in [2.75, 3.05) is 5.32 Å². The summed E-state index contributed by atoms with van der Waals surface area (Å²) in [6, 6.07) is 8.16. The minimum atomic E-state index is -0.489. The summed E-state index contributed by atoms with van der Waals surface area (Å²) in [6.45, 7) is 3.46. The largest absolute Gasteiger partial charge is 0.321 e. The van der Waals surface area contributed by atoms with Crippen molar-refractivity contribution < 1.29 is 9.18 Å². The van der Waals surface area contributed by atoms with Gasteiger partial charge in [-0.25, -0.2) is 9.37 Å². The Labute approximate surface area is 161 Å². The second-order valence-electron chi connectivity index (χ2n) is 5.67. The molecule has 4 aromatic rings. The maximum absolute atomic E-state index is 14.2. The van der Waals surface area contributed by atoms with Gasteiger partial charge in [-0.1, -0.05) is 6.07 Å². The van der Waals surface area contributed by atoms with Crippen molar-refractivity contribution in [3.8, 4) is 15.6 Å². The Kier molecular flexibility index (Phi) is 4.50. The van der Waals surface area contributed by atoms with E-state index in [1.165, 1.54) is 34.2 Å². The smallest absolute Gasteiger partial charge is 0.267 e. The summed E-state index contributed by atoms with van der Waals surface area (Å²) >= 11 is 2.90. The van der Waals surface area contributed by atoms with Crippen LogP contribution in [0.15, 0.2) is 35.7 Å². The molecule has 0 saturated heterocycles. The number of amides is 1. The Morgan fingerprint density at radius 1 is 1.26 bits per heavy atom. The number of hydrogen-bond acceptors (Lipinski definition) is 7. The number of anilines is 1. The van der Waals surface area contributed by atoms with Gasteiger partial charge in [0.05, 0.1) is 10.6 Å². The van der Waals surface area contributed by atoms with Crippen LogP contribution in [0.3, 0.4) is 0 Å². The molecule has 0 unspecified atom stereocenters. The highest BCUT2D eigenvalue weighted by Crippen LogP contribution is 2.31. The first-order valence-electron chi connectivity index (χ1n) is 7.90. The predicted molar refractivity (Wildman–Crippen MR) is 102 cm³/mol. The van der Waals surface area contributed by atoms with Crippen LogP contribution in [-0.2, 0) is 0 Å². The molecule has 1 amide bonds. The zero-order valence-electron chi connectivity index (χ0n) is 14.3. The Morgan fingerprint density at radius 3 is 2.81 bits per heavy atom. The van der Waals surface area contributed by atoms with Gasteiger partial charge in [-0.3, -0.25) is 4.79 Å². The molecule has 10 heteroatoms. The Morgan fingerprint density at radius 2 is 2.11 bits per heavy atom. The molecule has 3 aromatic heterocycles. The highest BCUT2D eigenvalue weighted by atomic mass is 32.1. The SMILES string of the molecule is Cc1nc(-c2cccs2)sc1C(=O)Nc1ccc(F)c(-n2nnnc2C)c1. The summed E-state index contributed by atoms with van der Waals surface area (Å²) in [5.74, 6) is -0.340. The van der Waals surface area contributed by atoms with Gasteiger partial charge in [-0.15, -0.1) is 27.8 Å². The van der Waals surface area contributed by atoms with Gasteiger partial charge in [-0.05, 0) is 53.9 Å². The molecule has 0 bridgehead atoms. The molecule has 3 heterocycles. The zero-order chi connectivity index (χ0) is 19.0. The number of halogens is 1. The third-order valence-corrected chi connectivity index (χ3v) is 5.99. The number of carbonyl (C=O) groups is 1. The first-order chi connectivity index (χ1) is 13.0. The van der Waals surface area contributed by atoms with E-state index in [-0.39, 0.29) is 11.6 Å². The molecule has 1 N–H and O–H groups in total. The van der Waals surface area contributed by atoms with Gasteiger partial charge in [0.15, 0.2) is 5.82 Å². The molecule has 0 fully saturated rings. The highest BCUT2D eigenvalue weighted by Gasteiger charge is 2.18. The third kappa shape index (κ3) is 3.36. The number of aromatic nitrogens is 5. The van der Waals surface area contributed by atoms with Crippen molar-refractivity contribution in [1.29, 1.82) is 0 Å². The zero-order valence-corrected chi connectivity index (χ0v) is 15.9. The lowest BCUT2D eigenvalue weighted by Gasteiger charge is -2.08. The Hall–Kier alpha value is -2.98. The van der Waals surface area contributed by atoms with Gasteiger partial charge in [-0.2, -0.15) is 4.68 Å². The number of hydrogen-bond donors (Lipinski definition) is 1. The predicted octanol–water partition coefficient (Wildman–Crippen LogP) is 3.86. The van der Waals surface area contributed by atoms with E-state index in [1.54, 1.807) is 25.2 Å². The number of thiazole rings is 1. The number of benzene rings is 1. The molecule has 0 aliphatic carbocycles. The second kappa shape index (κ2) is 6.97. The third-order valence-electron chi connectivity index (χ3n) is 3.79. The van der Waals surface area contributed by atoms with Gasteiger partial charge in [0.1, 0.15) is 21.4 Å². The number of nitrogens with zero attached hydrogens (tertiary/aromatic N) is 5. The number of aryl methyl sites for hydroxylation is 2. The van der Waals surface area contributed by atoms with Crippen LogP contribution < -0.4 is 5.32 Å². The van der Waals surface area contributed by atoms with Crippen molar-refractivity contribution in [2.24, 2.45) is 0 Å². The topological polar surface area (TPSA) is 85.6 Å². The average molecular weight is 400 g/mol. The van der Waals surface area contributed by atoms with E-state index in [2.05, 4.69) is 25.8 Å². The molecular weight excluding hydrogens is 387 g/mol. The second-order valence-corrected chi connectivity index (χ2v) is 7.62. The molecule has 0 radical (unpaired) electrons. The molecule has 27 heavy (non-hydrogen) atoms. The van der Waals surface area contributed by atoms with E-state index in [1.807, 2.05) is 17.5 Å². The van der Waals surface area contributed by atoms with Crippen LogP contribution in [0.25, 0.3) is 15.6 Å². The maximum Gasteiger partial charge on any atom is 0.267 e. The van der Waals surface area contributed by atoms with E-state index < -0.39 is 5.82 Å². The van der Waals surface area contributed by atoms with Crippen LogP contribution in [0.5, 0.6) is 0 Å². The van der Waals surface area contributed by atoms with Gasteiger partial charge >= 0.3 is 0 Å². The van der Waals surface area contributed by atoms with Crippen LogP contribution in [0.4, 0.5) is 10.1 Å². The summed E-state index contributed by atoms with van der Waals surface area (Å²) in [7, 11) is 0. The fourth-order valence-corrected chi connectivity index (χ4v) is 4.27. The summed E-state index contributed by atoms with van der Waals surface area (Å²) in [5.41, 5.74) is 1.26. The van der Waals surface area contributed by atoms with E-state index >= 15 is 0 Å². The van der Waals surface area contributed by atoms with Crippen molar-refractivity contribution in [2.45, 2.75) is 13.8 Å². The quantitative estimate of drug-likeness (QED) is 0.562. The minimum Gasteiger partial charge on any atom is -0.321 e. The fourth-order valence-electron chi connectivity index (χ4n) is 2.51. The summed E-state index contributed by atoms with van der Waals surface area (Å²) in [5, 5.41) is 16.6. The first kappa shape index (κ1) is 17.4. The van der Waals surface area contributed by atoms with Crippen LogP contribution in [0, 0.1) is 19.7 Å². The van der Waals surface area contributed by atoms with E-state index in [9.17, 15) is 9.18 Å². The number of carbonyl (C=O) groups excluding carboxylic acids is 1. The van der Waals surface area contributed by atoms with Gasteiger partial charge in [0.25, 0.3) is 5.91 Å². The molecule has 7 nitrogen and oxygen atoms in total. The maximum atomic E-state index is 14.2. The van der Waals surface area contributed by atoms with Crippen molar-refractivity contribution >= 4 is 34.3 Å². The molecule has 0 saturated carbocycles. The number of thiophene rings is 1. The molecule has 4 rings (SSSR count). The van der Waals surface area contributed by atoms with Gasteiger partial charge in [0, 0.05) is 5.69 Å². The van der Waals surface area contributed by atoms with E-state index in [4.69, 9.17) is 0 Å². The first-order valence-corrected chi connectivity index (χ1v) is 9.60. The lowest BCUT2D eigenvalue weighted by molar-refractivity contribution is 0.103. The standard InChI is InChI=1S/C17H13FN6OS2/c1-9-15(27-17(19-9)14-4-3-7-26-14)16(25)20-11-5-6-12(18)13(8-11)24-10(2)21-22-23-24/h3-8H,1-2H3,(H,20,25). The number of rotatable bonds is 4.